The Balaban J connectivity index is 1.79. The highest BCUT2D eigenvalue weighted by Gasteiger charge is 2.19. The first kappa shape index (κ1) is 19.7. The van der Waals surface area contributed by atoms with Gasteiger partial charge in [0, 0.05) is 33.8 Å². The average molecular weight is 416 g/mol. The van der Waals surface area contributed by atoms with E-state index in [2.05, 4.69) is 10.5 Å². The Labute approximate surface area is 166 Å². The van der Waals surface area contributed by atoms with Gasteiger partial charge in [-0.2, -0.15) is 5.10 Å². The van der Waals surface area contributed by atoms with Crippen LogP contribution in [0.1, 0.15) is 15.2 Å². The summed E-state index contributed by atoms with van der Waals surface area (Å²) in [6.07, 6.45) is 1.16. The van der Waals surface area contributed by atoms with E-state index in [4.69, 9.17) is 4.74 Å². The number of hydrazone groups is 1. The molecule has 0 saturated carbocycles. The van der Waals surface area contributed by atoms with E-state index < -0.39 is 27.2 Å². The van der Waals surface area contributed by atoms with E-state index >= 15 is 0 Å². The lowest BCUT2D eigenvalue weighted by molar-refractivity contribution is -0.386. The number of phenolic OH excluding ortho intramolecular Hbond substituents is 1. The summed E-state index contributed by atoms with van der Waals surface area (Å²) in [6, 6.07) is 8.17. The second kappa shape index (κ2) is 7.90. The van der Waals surface area contributed by atoms with E-state index in [1.165, 1.54) is 31.4 Å². The van der Waals surface area contributed by atoms with Crippen LogP contribution in [0.15, 0.2) is 41.5 Å². The van der Waals surface area contributed by atoms with Gasteiger partial charge < -0.3 is 9.84 Å². The summed E-state index contributed by atoms with van der Waals surface area (Å²) in [6.45, 7) is 0. The molecule has 0 fully saturated rings. The highest BCUT2D eigenvalue weighted by Crippen LogP contribution is 2.36. The Kier molecular flexibility index (Phi) is 5.36. The molecule has 0 aliphatic rings. The third-order valence-corrected chi connectivity index (χ3v) is 4.92. The molecule has 2 N–H and O–H groups in total. The lowest BCUT2D eigenvalue weighted by Crippen LogP contribution is -2.16. The summed E-state index contributed by atoms with van der Waals surface area (Å²) in [5.41, 5.74) is 1.85. The van der Waals surface area contributed by atoms with Crippen molar-refractivity contribution < 1.29 is 24.5 Å². The molecule has 3 rings (SSSR count). The van der Waals surface area contributed by atoms with E-state index in [9.17, 15) is 30.1 Å². The first-order valence-electron chi connectivity index (χ1n) is 7.87. The lowest BCUT2D eigenvalue weighted by atomic mass is 10.2. The van der Waals surface area contributed by atoms with Crippen LogP contribution in [-0.4, -0.2) is 34.2 Å². The smallest absolute Gasteiger partial charge is 0.315 e. The van der Waals surface area contributed by atoms with Crippen molar-refractivity contribution in [3.05, 3.63) is 67.1 Å². The van der Waals surface area contributed by atoms with Gasteiger partial charge in [0.2, 0.25) is 5.75 Å². The van der Waals surface area contributed by atoms with Gasteiger partial charge in [0.05, 0.1) is 28.0 Å². The van der Waals surface area contributed by atoms with Gasteiger partial charge in [-0.25, -0.2) is 5.43 Å². The summed E-state index contributed by atoms with van der Waals surface area (Å²) in [5, 5.41) is 35.9. The van der Waals surface area contributed by atoms with Gasteiger partial charge in [-0.05, 0) is 18.2 Å². The van der Waals surface area contributed by atoms with Gasteiger partial charge in [-0.1, -0.05) is 0 Å². The van der Waals surface area contributed by atoms with Crippen molar-refractivity contribution in [2.24, 2.45) is 5.10 Å². The number of carbonyl (C=O) groups excluding carboxylic acids is 1. The highest BCUT2D eigenvalue weighted by atomic mass is 32.1. The molecule has 29 heavy (non-hydrogen) atoms. The summed E-state index contributed by atoms with van der Waals surface area (Å²) in [4.78, 5) is 33.1. The Morgan fingerprint density at radius 3 is 2.62 bits per heavy atom. The third-order valence-electron chi connectivity index (χ3n) is 3.81. The van der Waals surface area contributed by atoms with E-state index in [1.807, 2.05) is 0 Å². The lowest BCUT2D eigenvalue weighted by Gasteiger charge is -2.05. The van der Waals surface area contributed by atoms with E-state index in [-0.39, 0.29) is 21.9 Å². The van der Waals surface area contributed by atoms with Gasteiger partial charge in [0.15, 0.2) is 5.75 Å². The number of thiophene rings is 1. The minimum Gasteiger partial charge on any atom is -0.500 e. The molecule has 148 valence electrons. The number of carbonyl (C=O) groups is 1. The fourth-order valence-corrected chi connectivity index (χ4v) is 3.39. The molecule has 0 spiro atoms. The second-order valence-electron chi connectivity index (χ2n) is 5.64. The quantitative estimate of drug-likeness (QED) is 0.355. The number of rotatable bonds is 6. The van der Waals surface area contributed by atoms with Crippen molar-refractivity contribution in [3.8, 4) is 11.5 Å². The molecule has 0 radical (unpaired) electrons. The van der Waals surface area contributed by atoms with Crippen LogP contribution in [-0.2, 0) is 0 Å². The number of nitrogens with zero attached hydrogens (tertiary/aromatic N) is 3. The average Bonchev–Trinajstić information content (AvgIpc) is 3.12. The van der Waals surface area contributed by atoms with Crippen LogP contribution in [0.3, 0.4) is 0 Å². The van der Waals surface area contributed by atoms with Gasteiger partial charge in [0.25, 0.3) is 11.6 Å². The number of ether oxygens (including phenoxy) is 1. The van der Waals surface area contributed by atoms with Crippen molar-refractivity contribution in [1.82, 2.24) is 5.43 Å². The number of fused-ring (bicyclic) bond motifs is 1. The normalized spacial score (nSPS) is 10.9. The van der Waals surface area contributed by atoms with E-state index in [0.717, 1.165) is 23.6 Å². The number of hydrogen-bond donors (Lipinski definition) is 2. The first-order chi connectivity index (χ1) is 13.8. The zero-order valence-corrected chi connectivity index (χ0v) is 15.5. The number of amides is 1. The van der Waals surface area contributed by atoms with E-state index in [0.29, 0.717) is 10.1 Å². The number of nitrogens with one attached hydrogen (secondary N) is 1. The predicted molar refractivity (Wildman–Crippen MR) is 105 cm³/mol. The first-order valence-corrected chi connectivity index (χ1v) is 8.68. The molecule has 1 aromatic heterocycles. The summed E-state index contributed by atoms with van der Waals surface area (Å²) >= 11 is 1.14. The molecule has 1 amide bonds. The molecule has 0 aliphatic heterocycles. The van der Waals surface area contributed by atoms with Gasteiger partial charge in [-0.3, -0.25) is 25.0 Å². The molecular weight excluding hydrogens is 404 g/mol. The second-order valence-corrected chi connectivity index (χ2v) is 6.72. The number of hydrogen-bond acceptors (Lipinski definition) is 9. The number of nitro benzene ring substituents is 2. The van der Waals surface area contributed by atoms with Crippen LogP contribution in [0.25, 0.3) is 10.1 Å². The molecule has 0 atom stereocenters. The highest BCUT2D eigenvalue weighted by molar-refractivity contribution is 7.20. The largest absolute Gasteiger partial charge is 0.500 e. The number of non-ortho nitro benzene ring substituents is 1. The zero-order valence-electron chi connectivity index (χ0n) is 14.7. The number of aromatic hydroxyl groups is 1. The maximum Gasteiger partial charge on any atom is 0.315 e. The Morgan fingerprint density at radius 1 is 1.21 bits per heavy atom. The fraction of sp³-hybridized carbons (Fsp3) is 0.0588. The van der Waals surface area contributed by atoms with Gasteiger partial charge in [0.1, 0.15) is 0 Å². The van der Waals surface area contributed by atoms with Crippen molar-refractivity contribution >= 4 is 44.9 Å². The Bertz CT molecular complexity index is 1170. The molecule has 11 nitrogen and oxygen atoms in total. The van der Waals surface area contributed by atoms with Crippen LogP contribution >= 0.6 is 11.3 Å². The number of phenols is 1. The van der Waals surface area contributed by atoms with Crippen molar-refractivity contribution in [1.29, 1.82) is 0 Å². The van der Waals surface area contributed by atoms with Crippen molar-refractivity contribution in [2.45, 2.75) is 0 Å². The van der Waals surface area contributed by atoms with E-state index in [1.54, 1.807) is 6.07 Å². The maximum atomic E-state index is 12.3. The standard InChI is InChI=1S/C17H12N4O7S/c1-28-13-5-9(4-12(16(13)22)21(26)27)8-18-19-17(23)15-7-10-6-11(20(24)25)2-3-14(10)29-15/h2-8,22H,1H3,(H,19,23)/b18-8+. The topological polar surface area (TPSA) is 157 Å². The van der Waals surface area contributed by atoms with Gasteiger partial charge in [-0.15, -0.1) is 11.3 Å². The monoisotopic (exact) mass is 416 g/mol. The molecule has 2 aromatic carbocycles. The number of benzene rings is 2. The maximum absolute atomic E-state index is 12.3. The third kappa shape index (κ3) is 4.11. The molecule has 3 aromatic rings. The van der Waals surface area contributed by atoms with Crippen LogP contribution < -0.4 is 10.2 Å². The molecule has 0 bridgehead atoms. The Hall–Kier alpha value is -4.06. The van der Waals surface area contributed by atoms with Gasteiger partial charge >= 0.3 is 5.69 Å². The van der Waals surface area contributed by atoms with Crippen LogP contribution in [0.4, 0.5) is 11.4 Å². The number of nitro groups is 2. The summed E-state index contributed by atoms with van der Waals surface area (Å²) in [7, 11) is 1.24. The molecule has 12 heteroatoms. The SMILES string of the molecule is COc1cc(/C=N/NC(=O)c2cc3cc([N+](=O)[O-])ccc3s2)cc([N+](=O)[O-])c1O. The number of methoxy groups -OCH3 is 1. The zero-order chi connectivity index (χ0) is 21.1. The molecule has 0 unspecified atom stereocenters. The summed E-state index contributed by atoms with van der Waals surface area (Å²) < 4.78 is 5.58. The van der Waals surface area contributed by atoms with Crippen LogP contribution in [0.2, 0.25) is 0 Å². The predicted octanol–water partition coefficient (Wildman–Crippen LogP) is 3.20. The van der Waals surface area contributed by atoms with Crippen LogP contribution in [0, 0.1) is 20.2 Å². The fourth-order valence-electron chi connectivity index (χ4n) is 2.46. The Morgan fingerprint density at radius 2 is 1.97 bits per heavy atom. The van der Waals surface area contributed by atoms with Crippen molar-refractivity contribution in [2.75, 3.05) is 7.11 Å². The molecular formula is C17H12N4O7S. The molecule has 0 saturated heterocycles. The molecule has 0 aliphatic carbocycles. The summed E-state index contributed by atoms with van der Waals surface area (Å²) in [5.74, 6) is -1.28. The van der Waals surface area contributed by atoms with Crippen LogP contribution in [0.5, 0.6) is 11.5 Å². The minimum absolute atomic E-state index is 0.0804. The van der Waals surface area contributed by atoms with Crippen molar-refractivity contribution in [3.63, 3.8) is 0 Å². The molecule has 1 heterocycles. The minimum atomic E-state index is -0.774.